The Morgan fingerprint density at radius 3 is 2.52 bits per heavy atom. The molecule has 0 saturated carbocycles. The van der Waals surface area contributed by atoms with E-state index in [9.17, 15) is 9.59 Å². The van der Waals surface area contributed by atoms with Gasteiger partial charge in [0.25, 0.3) is 0 Å². The predicted octanol–water partition coefficient (Wildman–Crippen LogP) is 1.96. The summed E-state index contributed by atoms with van der Waals surface area (Å²) in [5.41, 5.74) is -0.233. The molecule has 1 aliphatic heterocycles. The molecule has 0 aliphatic carbocycles. The fourth-order valence-electron chi connectivity index (χ4n) is 2.41. The fourth-order valence-corrected chi connectivity index (χ4v) is 2.41. The summed E-state index contributed by atoms with van der Waals surface area (Å²) in [4.78, 5) is 34.1. The van der Waals surface area contributed by atoms with Crippen LogP contribution in [0.4, 0.5) is 5.95 Å². The Hall–Kier alpha value is -2.18. The molecule has 23 heavy (non-hydrogen) atoms. The van der Waals surface area contributed by atoms with Crippen molar-refractivity contribution in [3.8, 4) is 0 Å². The lowest BCUT2D eigenvalue weighted by Gasteiger charge is -2.27. The molecule has 2 rings (SSSR count). The highest BCUT2D eigenvalue weighted by Crippen LogP contribution is 2.24. The van der Waals surface area contributed by atoms with Gasteiger partial charge in [0.1, 0.15) is 11.6 Å². The normalized spacial score (nSPS) is 17.9. The molecule has 7 heteroatoms. The van der Waals surface area contributed by atoms with Gasteiger partial charge in [-0.2, -0.15) is 0 Å². The summed E-state index contributed by atoms with van der Waals surface area (Å²) >= 11 is 0. The average Bonchev–Trinajstić information content (AvgIpc) is 2.95. The molecule has 1 aromatic rings. The third-order valence-electron chi connectivity index (χ3n) is 3.34. The number of hydrogen-bond acceptors (Lipinski definition) is 7. The maximum Gasteiger partial charge on any atom is 0.341 e. The summed E-state index contributed by atoms with van der Waals surface area (Å²) in [6, 6.07) is -0.386. The van der Waals surface area contributed by atoms with Crippen molar-refractivity contribution in [3.63, 3.8) is 0 Å². The van der Waals surface area contributed by atoms with E-state index in [1.807, 2.05) is 25.7 Å². The van der Waals surface area contributed by atoms with E-state index >= 15 is 0 Å². The van der Waals surface area contributed by atoms with Gasteiger partial charge in [-0.1, -0.05) is 0 Å². The molecular formula is C16H23N3O4. The monoisotopic (exact) mass is 321 g/mol. The van der Waals surface area contributed by atoms with Gasteiger partial charge in [-0.25, -0.2) is 19.6 Å². The number of carbonyl (C=O) groups is 2. The SMILES string of the molecule is CCOC(=O)c1cnc(N2CCC[C@H]2C(=O)OC(C)(C)C)nc1. The van der Waals surface area contributed by atoms with Gasteiger partial charge in [0.05, 0.1) is 12.2 Å². The zero-order valence-corrected chi connectivity index (χ0v) is 14.0. The van der Waals surface area contributed by atoms with E-state index in [0.29, 0.717) is 31.1 Å². The molecule has 0 spiro atoms. The van der Waals surface area contributed by atoms with Crippen molar-refractivity contribution in [1.82, 2.24) is 9.97 Å². The Morgan fingerprint density at radius 1 is 1.30 bits per heavy atom. The van der Waals surface area contributed by atoms with Gasteiger partial charge in [-0.3, -0.25) is 0 Å². The Kier molecular flexibility index (Phi) is 5.18. The quantitative estimate of drug-likeness (QED) is 0.784. The highest BCUT2D eigenvalue weighted by molar-refractivity contribution is 5.88. The number of carbonyl (C=O) groups excluding carboxylic acids is 2. The van der Waals surface area contributed by atoms with Crippen LogP contribution in [0.15, 0.2) is 12.4 Å². The number of hydrogen-bond donors (Lipinski definition) is 0. The zero-order chi connectivity index (χ0) is 17.0. The number of esters is 2. The van der Waals surface area contributed by atoms with Crippen molar-refractivity contribution in [3.05, 3.63) is 18.0 Å². The van der Waals surface area contributed by atoms with Crippen LogP contribution in [0.25, 0.3) is 0 Å². The summed E-state index contributed by atoms with van der Waals surface area (Å²) in [6.07, 6.45) is 4.42. The lowest BCUT2D eigenvalue weighted by atomic mass is 10.1. The number of aromatic nitrogens is 2. The molecule has 1 atom stereocenters. The van der Waals surface area contributed by atoms with Crippen LogP contribution < -0.4 is 4.90 Å². The van der Waals surface area contributed by atoms with Crippen molar-refractivity contribution < 1.29 is 19.1 Å². The van der Waals surface area contributed by atoms with Crippen LogP contribution in [0.5, 0.6) is 0 Å². The first kappa shape index (κ1) is 17.2. The number of rotatable bonds is 4. The molecule has 126 valence electrons. The smallest absolute Gasteiger partial charge is 0.341 e. The molecule has 0 amide bonds. The highest BCUT2D eigenvalue weighted by Gasteiger charge is 2.35. The summed E-state index contributed by atoms with van der Waals surface area (Å²) in [5, 5.41) is 0. The van der Waals surface area contributed by atoms with E-state index in [2.05, 4.69) is 9.97 Å². The van der Waals surface area contributed by atoms with Gasteiger partial charge in [-0.15, -0.1) is 0 Å². The summed E-state index contributed by atoms with van der Waals surface area (Å²) in [7, 11) is 0. The van der Waals surface area contributed by atoms with Crippen LogP contribution >= 0.6 is 0 Å². The van der Waals surface area contributed by atoms with Gasteiger partial charge < -0.3 is 14.4 Å². The molecule has 0 aromatic carbocycles. The maximum atomic E-state index is 12.3. The molecule has 2 heterocycles. The molecule has 1 aliphatic rings. The molecule has 1 saturated heterocycles. The van der Waals surface area contributed by atoms with Crippen LogP contribution in [0.1, 0.15) is 50.9 Å². The van der Waals surface area contributed by atoms with E-state index in [1.165, 1.54) is 12.4 Å². The van der Waals surface area contributed by atoms with Gasteiger partial charge in [-0.05, 0) is 40.5 Å². The third kappa shape index (κ3) is 4.40. The lowest BCUT2D eigenvalue weighted by Crippen LogP contribution is -2.41. The molecule has 0 unspecified atom stereocenters. The Labute approximate surface area is 136 Å². The van der Waals surface area contributed by atoms with E-state index in [4.69, 9.17) is 9.47 Å². The second-order valence-corrected chi connectivity index (χ2v) is 6.38. The lowest BCUT2D eigenvalue weighted by molar-refractivity contribution is -0.156. The minimum absolute atomic E-state index is 0.270. The standard InChI is InChI=1S/C16H23N3O4/c1-5-22-13(20)11-9-17-15(18-10-11)19-8-6-7-12(19)14(21)23-16(2,3)4/h9-10,12H,5-8H2,1-4H3/t12-/m0/s1. The molecule has 1 aromatic heterocycles. The average molecular weight is 321 g/mol. The van der Waals surface area contributed by atoms with Gasteiger partial charge in [0.2, 0.25) is 5.95 Å². The minimum Gasteiger partial charge on any atom is -0.462 e. The van der Waals surface area contributed by atoms with Crippen LogP contribution in [-0.2, 0) is 14.3 Å². The molecule has 0 N–H and O–H groups in total. The minimum atomic E-state index is -0.528. The van der Waals surface area contributed by atoms with Crippen LogP contribution in [0.3, 0.4) is 0 Å². The Morgan fingerprint density at radius 2 is 1.96 bits per heavy atom. The molecular weight excluding hydrogens is 298 g/mol. The predicted molar refractivity (Wildman–Crippen MR) is 84.2 cm³/mol. The van der Waals surface area contributed by atoms with E-state index in [0.717, 1.165) is 6.42 Å². The summed E-state index contributed by atoms with van der Waals surface area (Å²) < 4.78 is 10.4. The van der Waals surface area contributed by atoms with Gasteiger partial charge in [0, 0.05) is 18.9 Å². The maximum absolute atomic E-state index is 12.3. The Bertz CT molecular complexity index is 566. The van der Waals surface area contributed by atoms with E-state index in [-0.39, 0.29) is 12.0 Å². The van der Waals surface area contributed by atoms with Crippen molar-refractivity contribution in [1.29, 1.82) is 0 Å². The highest BCUT2D eigenvalue weighted by atomic mass is 16.6. The number of ether oxygens (including phenoxy) is 2. The third-order valence-corrected chi connectivity index (χ3v) is 3.34. The van der Waals surface area contributed by atoms with E-state index < -0.39 is 11.6 Å². The van der Waals surface area contributed by atoms with Gasteiger partial charge >= 0.3 is 11.9 Å². The van der Waals surface area contributed by atoms with Crippen LogP contribution in [-0.4, -0.2) is 46.7 Å². The van der Waals surface area contributed by atoms with Crippen molar-refractivity contribution >= 4 is 17.9 Å². The topological polar surface area (TPSA) is 81.6 Å². The molecule has 0 bridgehead atoms. The van der Waals surface area contributed by atoms with E-state index in [1.54, 1.807) is 6.92 Å². The first-order valence-electron chi connectivity index (χ1n) is 7.80. The molecule has 1 fully saturated rings. The van der Waals surface area contributed by atoms with Crippen molar-refractivity contribution in [2.24, 2.45) is 0 Å². The second kappa shape index (κ2) is 6.93. The second-order valence-electron chi connectivity index (χ2n) is 6.38. The summed E-state index contributed by atoms with van der Waals surface area (Å²) in [5.74, 6) is -0.302. The zero-order valence-electron chi connectivity index (χ0n) is 14.0. The molecule has 0 radical (unpaired) electrons. The van der Waals surface area contributed by atoms with Crippen molar-refractivity contribution in [2.45, 2.75) is 52.2 Å². The van der Waals surface area contributed by atoms with Crippen LogP contribution in [0, 0.1) is 0 Å². The largest absolute Gasteiger partial charge is 0.462 e. The first-order chi connectivity index (χ1) is 10.8. The number of anilines is 1. The Balaban J connectivity index is 2.10. The van der Waals surface area contributed by atoms with Crippen molar-refractivity contribution in [2.75, 3.05) is 18.1 Å². The number of nitrogens with zero attached hydrogens (tertiary/aromatic N) is 3. The van der Waals surface area contributed by atoms with Crippen LogP contribution in [0.2, 0.25) is 0 Å². The fraction of sp³-hybridized carbons (Fsp3) is 0.625. The molecule has 7 nitrogen and oxygen atoms in total. The first-order valence-corrected chi connectivity index (χ1v) is 7.80. The summed E-state index contributed by atoms with van der Waals surface area (Å²) in [6.45, 7) is 8.25. The van der Waals surface area contributed by atoms with Gasteiger partial charge in [0.15, 0.2) is 0 Å².